The molecule has 66 valence electrons. The maximum Gasteiger partial charge on any atom is 0.0805 e. The molecule has 0 saturated carbocycles. The van der Waals surface area contributed by atoms with Gasteiger partial charge in [-0.05, 0) is 21.1 Å². The van der Waals surface area contributed by atoms with Gasteiger partial charge in [0.1, 0.15) is 0 Å². The Morgan fingerprint density at radius 2 is 1.91 bits per heavy atom. The van der Waals surface area contributed by atoms with Gasteiger partial charge in [0.25, 0.3) is 0 Å². The molecular formula is C7H15ClN2O. The molecule has 0 bridgehead atoms. The summed E-state index contributed by atoms with van der Waals surface area (Å²) in [5, 5.41) is 16.4. The van der Waals surface area contributed by atoms with Crippen LogP contribution < -0.4 is 0 Å². The average molecular weight is 179 g/mol. The predicted molar refractivity (Wildman–Crippen MR) is 46.6 cm³/mol. The van der Waals surface area contributed by atoms with E-state index in [1.807, 2.05) is 26.0 Å². The third-order valence-electron chi connectivity index (χ3n) is 0.505. The van der Waals surface area contributed by atoms with Crippen molar-refractivity contribution < 1.29 is 5.11 Å². The van der Waals surface area contributed by atoms with Gasteiger partial charge in [-0.15, -0.1) is 11.6 Å². The number of nitrogens with zero attached hydrogens (tertiary/aromatic N) is 2. The van der Waals surface area contributed by atoms with Crippen molar-refractivity contribution in [2.75, 3.05) is 27.0 Å². The lowest BCUT2D eigenvalue weighted by Crippen LogP contribution is -2.05. The summed E-state index contributed by atoms with van der Waals surface area (Å²) in [6.45, 7) is 0. The first kappa shape index (κ1) is 13.3. The van der Waals surface area contributed by atoms with E-state index in [0.29, 0.717) is 0 Å². The quantitative estimate of drug-likeness (QED) is 0.633. The minimum absolute atomic E-state index is 0.128. The van der Waals surface area contributed by atoms with Crippen LogP contribution in [0, 0.1) is 11.3 Å². The van der Waals surface area contributed by atoms with Gasteiger partial charge in [0.15, 0.2) is 0 Å². The van der Waals surface area contributed by atoms with Gasteiger partial charge < -0.3 is 10.0 Å². The molecule has 0 aliphatic heterocycles. The topological polar surface area (TPSA) is 47.3 Å². The number of halogens is 1. The van der Waals surface area contributed by atoms with Gasteiger partial charge >= 0.3 is 0 Å². The van der Waals surface area contributed by atoms with Crippen molar-refractivity contribution in [1.82, 2.24) is 4.90 Å². The molecule has 0 aromatic heterocycles. The number of rotatable bonds is 2. The van der Waals surface area contributed by atoms with Gasteiger partial charge in [-0.3, -0.25) is 0 Å². The first-order valence-electron chi connectivity index (χ1n) is 3.26. The van der Waals surface area contributed by atoms with Gasteiger partial charge in [0.2, 0.25) is 0 Å². The van der Waals surface area contributed by atoms with Crippen LogP contribution in [-0.4, -0.2) is 43.1 Å². The van der Waals surface area contributed by atoms with E-state index in [9.17, 15) is 0 Å². The molecule has 0 saturated heterocycles. The Balaban J connectivity index is 0. The van der Waals surface area contributed by atoms with Crippen LogP contribution in [0.3, 0.4) is 0 Å². The van der Waals surface area contributed by atoms with Crippen LogP contribution in [0.2, 0.25) is 0 Å². The molecule has 0 amide bonds. The summed E-state index contributed by atoms with van der Waals surface area (Å²) in [4.78, 5) is 2.00. The van der Waals surface area contributed by atoms with Crippen molar-refractivity contribution >= 4 is 11.6 Å². The number of hydrogen-bond acceptors (Lipinski definition) is 3. The Bertz CT molecular complexity index is 109. The fourth-order valence-electron chi connectivity index (χ4n) is 0.160. The van der Waals surface area contributed by atoms with Crippen molar-refractivity contribution in [1.29, 1.82) is 5.26 Å². The van der Waals surface area contributed by atoms with Crippen LogP contribution in [-0.2, 0) is 0 Å². The van der Waals surface area contributed by atoms with Gasteiger partial charge in [-0.2, -0.15) is 5.26 Å². The van der Waals surface area contributed by atoms with Crippen molar-refractivity contribution in [3.05, 3.63) is 0 Å². The van der Waals surface area contributed by atoms with E-state index in [1.54, 1.807) is 6.07 Å². The molecule has 1 unspecified atom stereocenters. The smallest absolute Gasteiger partial charge is 0.0805 e. The summed E-state index contributed by atoms with van der Waals surface area (Å²) in [5.74, 6) is 0.146. The Hall–Kier alpha value is -0.300. The zero-order chi connectivity index (χ0) is 9.28. The van der Waals surface area contributed by atoms with E-state index >= 15 is 0 Å². The lowest BCUT2D eigenvalue weighted by atomic mass is 10.3. The van der Waals surface area contributed by atoms with Gasteiger partial charge in [-0.1, -0.05) is 0 Å². The fraction of sp³-hybridized carbons (Fsp3) is 0.857. The highest BCUT2D eigenvalue weighted by atomic mass is 35.5. The summed E-state index contributed by atoms with van der Waals surface area (Å²) < 4.78 is 0. The van der Waals surface area contributed by atoms with Crippen LogP contribution in [0.15, 0.2) is 0 Å². The minimum atomic E-state index is -0.647. The molecule has 0 fully saturated rings. The highest BCUT2D eigenvalue weighted by Gasteiger charge is 1.96. The molecule has 0 aromatic carbocycles. The molecule has 4 heteroatoms. The second-order valence-corrected chi connectivity index (χ2v) is 2.82. The average Bonchev–Trinajstić information content (AvgIpc) is 1.87. The minimum Gasteiger partial charge on any atom is -0.391 e. The second kappa shape index (κ2) is 9.70. The molecule has 0 spiro atoms. The number of aliphatic hydroxyl groups excluding tert-OH is 1. The summed E-state index contributed by atoms with van der Waals surface area (Å²) in [6, 6.07) is 1.78. The summed E-state index contributed by atoms with van der Waals surface area (Å²) >= 11 is 5.13. The Labute approximate surface area is 73.2 Å². The highest BCUT2D eigenvalue weighted by Crippen LogP contribution is 1.90. The third kappa shape index (κ3) is 26.0. The van der Waals surface area contributed by atoms with Crippen LogP contribution in [0.4, 0.5) is 0 Å². The molecule has 1 N–H and O–H groups in total. The summed E-state index contributed by atoms with van der Waals surface area (Å²) in [6.07, 6.45) is -0.518. The Morgan fingerprint density at radius 1 is 1.55 bits per heavy atom. The molecule has 3 nitrogen and oxygen atoms in total. The molecule has 11 heavy (non-hydrogen) atoms. The monoisotopic (exact) mass is 178 g/mol. The molecular weight excluding hydrogens is 164 g/mol. The standard InChI is InChI=1S/C4H6ClNO.C3H9N/c5-3-4(7)1-2-6;1-4(2)3/h4,7H,1,3H2;1-3H3. The van der Waals surface area contributed by atoms with E-state index < -0.39 is 6.10 Å². The van der Waals surface area contributed by atoms with Crippen LogP contribution in [0.1, 0.15) is 6.42 Å². The number of alkyl halides is 1. The number of nitriles is 1. The lowest BCUT2D eigenvalue weighted by Gasteiger charge is -1.94. The number of hydrogen-bond donors (Lipinski definition) is 1. The van der Waals surface area contributed by atoms with E-state index in [2.05, 4.69) is 0 Å². The number of aliphatic hydroxyl groups is 1. The Morgan fingerprint density at radius 3 is 2.00 bits per heavy atom. The van der Waals surface area contributed by atoms with E-state index in [-0.39, 0.29) is 12.3 Å². The maximum absolute atomic E-state index is 8.50. The van der Waals surface area contributed by atoms with Crippen LogP contribution in [0.5, 0.6) is 0 Å². The van der Waals surface area contributed by atoms with Gasteiger partial charge in [0, 0.05) is 5.88 Å². The van der Waals surface area contributed by atoms with E-state index in [1.165, 1.54) is 0 Å². The molecule has 0 aliphatic carbocycles. The van der Waals surface area contributed by atoms with Crippen molar-refractivity contribution in [2.45, 2.75) is 12.5 Å². The summed E-state index contributed by atoms with van der Waals surface area (Å²) in [7, 11) is 6.00. The predicted octanol–water partition coefficient (Wildman–Crippen LogP) is 0.678. The molecule has 0 aliphatic rings. The van der Waals surface area contributed by atoms with E-state index in [4.69, 9.17) is 22.0 Å². The van der Waals surface area contributed by atoms with Crippen LogP contribution >= 0.6 is 11.6 Å². The second-order valence-electron chi connectivity index (χ2n) is 2.51. The summed E-state index contributed by atoms with van der Waals surface area (Å²) in [5.41, 5.74) is 0. The Kier molecular flexibility index (Phi) is 11.7. The first-order chi connectivity index (χ1) is 5.04. The van der Waals surface area contributed by atoms with E-state index in [0.717, 1.165) is 0 Å². The normalized spacial score (nSPS) is 11.4. The van der Waals surface area contributed by atoms with Gasteiger partial charge in [0.05, 0.1) is 18.6 Å². The molecule has 1 atom stereocenters. The van der Waals surface area contributed by atoms with Crippen molar-refractivity contribution in [2.24, 2.45) is 0 Å². The highest BCUT2D eigenvalue weighted by molar-refractivity contribution is 6.18. The molecule has 0 radical (unpaired) electrons. The van der Waals surface area contributed by atoms with Gasteiger partial charge in [-0.25, -0.2) is 0 Å². The largest absolute Gasteiger partial charge is 0.391 e. The van der Waals surface area contributed by atoms with Crippen molar-refractivity contribution in [3.8, 4) is 6.07 Å². The SMILES string of the molecule is CN(C)C.N#CCC(O)CCl. The molecule has 0 heterocycles. The molecule has 0 aromatic rings. The zero-order valence-corrected chi connectivity index (χ0v) is 7.97. The third-order valence-corrected chi connectivity index (χ3v) is 0.861. The lowest BCUT2D eigenvalue weighted by molar-refractivity contribution is 0.203. The van der Waals surface area contributed by atoms with Crippen molar-refractivity contribution in [3.63, 3.8) is 0 Å². The molecule has 0 rings (SSSR count). The first-order valence-corrected chi connectivity index (χ1v) is 3.80. The van der Waals surface area contributed by atoms with Crippen LogP contribution in [0.25, 0.3) is 0 Å². The maximum atomic E-state index is 8.50. The zero-order valence-electron chi connectivity index (χ0n) is 7.21. The fourth-order valence-corrected chi connectivity index (χ4v) is 0.269.